The van der Waals surface area contributed by atoms with Gasteiger partial charge in [0.15, 0.2) is 0 Å². The predicted molar refractivity (Wildman–Crippen MR) is 84.9 cm³/mol. The number of hydrogen-bond donors (Lipinski definition) is 2. The van der Waals surface area contributed by atoms with E-state index in [1.807, 2.05) is 6.92 Å². The van der Waals surface area contributed by atoms with Crippen LogP contribution in [0.15, 0.2) is 39.8 Å². The highest BCUT2D eigenvalue weighted by molar-refractivity contribution is 6.12. The van der Waals surface area contributed by atoms with Gasteiger partial charge in [-0.2, -0.15) is 0 Å². The summed E-state index contributed by atoms with van der Waals surface area (Å²) in [5.74, 6) is 0.551. The highest BCUT2D eigenvalue weighted by atomic mass is 16.5. The van der Waals surface area contributed by atoms with E-state index in [1.54, 1.807) is 31.2 Å². The second-order valence-corrected chi connectivity index (χ2v) is 4.86. The molecule has 0 atom stereocenters. The van der Waals surface area contributed by atoms with Gasteiger partial charge in [0.2, 0.25) is 5.71 Å². The van der Waals surface area contributed by atoms with Crippen molar-refractivity contribution in [3.8, 4) is 5.75 Å². The summed E-state index contributed by atoms with van der Waals surface area (Å²) in [6, 6.07) is 7.02. The first-order valence-electron chi connectivity index (χ1n) is 7.11. The van der Waals surface area contributed by atoms with E-state index in [-0.39, 0.29) is 16.7 Å². The van der Waals surface area contributed by atoms with Crippen molar-refractivity contribution in [2.45, 2.75) is 13.8 Å². The summed E-state index contributed by atoms with van der Waals surface area (Å²) in [5, 5.41) is 2.89. The van der Waals surface area contributed by atoms with Gasteiger partial charge in [-0.05, 0) is 26.0 Å². The quantitative estimate of drug-likeness (QED) is 0.771. The Morgan fingerprint density at radius 1 is 1.43 bits per heavy atom. The largest absolute Gasteiger partial charge is 0.494 e. The summed E-state index contributed by atoms with van der Waals surface area (Å²) in [6.45, 7) is 4.03. The highest BCUT2D eigenvalue weighted by Crippen LogP contribution is 2.23. The molecule has 118 valence electrons. The molecule has 0 spiro atoms. The van der Waals surface area contributed by atoms with Crippen molar-refractivity contribution >= 4 is 22.7 Å². The molecule has 0 aliphatic rings. The van der Waals surface area contributed by atoms with E-state index < -0.39 is 11.5 Å². The van der Waals surface area contributed by atoms with Crippen LogP contribution in [0.3, 0.4) is 0 Å². The third-order valence-corrected chi connectivity index (χ3v) is 3.30. The summed E-state index contributed by atoms with van der Waals surface area (Å²) in [6.07, 6.45) is 1.24. The molecule has 1 aromatic carbocycles. The normalized spacial score (nSPS) is 10.7. The number of amides is 1. The van der Waals surface area contributed by atoms with Gasteiger partial charge in [0, 0.05) is 11.8 Å². The van der Waals surface area contributed by atoms with Crippen molar-refractivity contribution in [1.29, 1.82) is 0 Å². The number of hydrogen-bond acceptors (Lipinski definition) is 5. The van der Waals surface area contributed by atoms with Crippen LogP contribution in [-0.4, -0.2) is 22.5 Å². The van der Waals surface area contributed by atoms with Crippen molar-refractivity contribution in [3.63, 3.8) is 0 Å². The molecule has 7 heteroatoms. The Balaban J connectivity index is 1.97. The number of benzene rings is 1. The molecule has 7 nitrogen and oxygen atoms in total. The van der Waals surface area contributed by atoms with E-state index in [9.17, 15) is 9.59 Å². The molecule has 1 amide bonds. The lowest BCUT2D eigenvalue weighted by molar-refractivity contribution is 0.102. The van der Waals surface area contributed by atoms with Gasteiger partial charge in [-0.25, -0.2) is 4.98 Å². The summed E-state index contributed by atoms with van der Waals surface area (Å²) >= 11 is 0. The van der Waals surface area contributed by atoms with Gasteiger partial charge in [-0.15, -0.1) is 0 Å². The van der Waals surface area contributed by atoms with Gasteiger partial charge in [0.05, 0.1) is 18.5 Å². The van der Waals surface area contributed by atoms with E-state index in [0.717, 1.165) is 0 Å². The number of nitrogens with zero attached hydrogens (tertiary/aromatic N) is 1. The van der Waals surface area contributed by atoms with Gasteiger partial charge in [-0.1, -0.05) is 6.07 Å². The Morgan fingerprint density at radius 2 is 2.26 bits per heavy atom. The molecule has 0 unspecified atom stereocenters. The average molecular weight is 313 g/mol. The smallest absolute Gasteiger partial charge is 0.262 e. The fraction of sp³-hybridized carbons (Fsp3) is 0.188. The van der Waals surface area contributed by atoms with Crippen molar-refractivity contribution < 1.29 is 13.9 Å². The Hall–Kier alpha value is -3.09. The molecule has 0 saturated heterocycles. The van der Waals surface area contributed by atoms with Crippen molar-refractivity contribution in [2.24, 2.45) is 0 Å². The molecule has 0 aliphatic carbocycles. The number of fused-ring (bicyclic) bond motifs is 1. The average Bonchev–Trinajstić information content (AvgIpc) is 2.85. The van der Waals surface area contributed by atoms with Crippen LogP contribution in [0.4, 0.5) is 5.69 Å². The minimum Gasteiger partial charge on any atom is -0.494 e. The topological polar surface area (TPSA) is 97.2 Å². The molecule has 0 saturated carbocycles. The van der Waals surface area contributed by atoms with Gasteiger partial charge >= 0.3 is 0 Å². The maximum absolute atomic E-state index is 12.5. The third-order valence-electron chi connectivity index (χ3n) is 3.30. The minimum absolute atomic E-state index is 0.138. The number of aryl methyl sites for hydroxylation is 1. The Bertz CT molecular complexity index is 926. The number of carbonyl (C=O) groups is 1. The molecule has 2 N–H and O–H groups in total. The zero-order chi connectivity index (χ0) is 16.4. The van der Waals surface area contributed by atoms with Gasteiger partial charge in [-0.3, -0.25) is 9.59 Å². The lowest BCUT2D eigenvalue weighted by Gasteiger charge is -2.07. The first-order chi connectivity index (χ1) is 11.1. The molecule has 2 heterocycles. The molecule has 3 aromatic rings. The number of rotatable bonds is 4. The van der Waals surface area contributed by atoms with E-state index in [0.29, 0.717) is 23.8 Å². The SMILES string of the molecule is CCOc1cccc(NC(=O)c2c(C)oc3nc[nH]c(=O)c23)c1. The van der Waals surface area contributed by atoms with Gasteiger partial charge in [0.25, 0.3) is 11.5 Å². The fourth-order valence-electron chi connectivity index (χ4n) is 2.35. The number of ether oxygens (including phenoxy) is 1. The lowest BCUT2D eigenvalue weighted by Crippen LogP contribution is -2.16. The molecule has 23 heavy (non-hydrogen) atoms. The number of aromatic amines is 1. The van der Waals surface area contributed by atoms with Gasteiger partial charge < -0.3 is 19.5 Å². The molecule has 0 bridgehead atoms. The van der Waals surface area contributed by atoms with E-state index >= 15 is 0 Å². The Labute approximate surface area is 131 Å². The number of aromatic nitrogens is 2. The zero-order valence-corrected chi connectivity index (χ0v) is 12.7. The molecule has 0 radical (unpaired) electrons. The van der Waals surface area contributed by atoms with Crippen LogP contribution in [0, 0.1) is 6.92 Å². The van der Waals surface area contributed by atoms with Crippen LogP contribution in [0.2, 0.25) is 0 Å². The second-order valence-electron chi connectivity index (χ2n) is 4.86. The predicted octanol–water partition coefficient (Wildman–Crippen LogP) is 2.48. The van der Waals surface area contributed by atoms with E-state index in [4.69, 9.17) is 9.15 Å². The van der Waals surface area contributed by atoms with Gasteiger partial charge in [0.1, 0.15) is 16.9 Å². The number of anilines is 1. The molecule has 0 aliphatic heterocycles. The van der Waals surface area contributed by atoms with Crippen LogP contribution in [-0.2, 0) is 0 Å². The van der Waals surface area contributed by atoms with Crippen LogP contribution < -0.4 is 15.6 Å². The molecular weight excluding hydrogens is 298 g/mol. The molecule has 2 aromatic heterocycles. The van der Waals surface area contributed by atoms with Crippen molar-refractivity contribution in [1.82, 2.24) is 9.97 Å². The van der Waals surface area contributed by atoms with E-state index in [2.05, 4.69) is 15.3 Å². The molecule has 0 fully saturated rings. The summed E-state index contributed by atoms with van der Waals surface area (Å²) in [4.78, 5) is 30.9. The zero-order valence-electron chi connectivity index (χ0n) is 12.7. The maximum Gasteiger partial charge on any atom is 0.262 e. The summed E-state index contributed by atoms with van der Waals surface area (Å²) < 4.78 is 10.8. The first kappa shape index (κ1) is 14.8. The van der Waals surface area contributed by atoms with Crippen LogP contribution in [0.1, 0.15) is 23.0 Å². The van der Waals surface area contributed by atoms with Crippen LogP contribution >= 0.6 is 0 Å². The van der Waals surface area contributed by atoms with Crippen molar-refractivity contribution in [3.05, 3.63) is 52.3 Å². The fourth-order valence-corrected chi connectivity index (χ4v) is 2.35. The number of furan rings is 1. The second kappa shape index (κ2) is 5.96. The first-order valence-corrected chi connectivity index (χ1v) is 7.11. The maximum atomic E-state index is 12.5. The Kier molecular flexibility index (Phi) is 3.84. The number of nitrogens with one attached hydrogen (secondary N) is 2. The molecule has 3 rings (SSSR count). The summed E-state index contributed by atoms with van der Waals surface area (Å²) in [7, 11) is 0. The lowest BCUT2D eigenvalue weighted by atomic mass is 10.1. The summed E-state index contributed by atoms with van der Waals surface area (Å²) in [5.41, 5.74) is 0.464. The highest BCUT2D eigenvalue weighted by Gasteiger charge is 2.21. The van der Waals surface area contributed by atoms with Crippen LogP contribution in [0.25, 0.3) is 11.1 Å². The molecular formula is C16H15N3O4. The van der Waals surface area contributed by atoms with Crippen molar-refractivity contribution in [2.75, 3.05) is 11.9 Å². The van der Waals surface area contributed by atoms with E-state index in [1.165, 1.54) is 6.33 Å². The number of H-pyrrole nitrogens is 1. The minimum atomic E-state index is -0.437. The number of carbonyl (C=O) groups excluding carboxylic acids is 1. The standard InChI is InChI=1S/C16H15N3O4/c1-3-22-11-6-4-5-10(7-11)19-15(21)12-9(2)23-16-13(12)14(20)17-8-18-16/h4-8H,3H2,1-2H3,(H,19,21)(H,17,18,20). The monoisotopic (exact) mass is 313 g/mol. The van der Waals surface area contributed by atoms with Crippen LogP contribution in [0.5, 0.6) is 5.75 Å². The Morgan fingerprint density at radius 3 is 3.04 bits per heavy atom. The third kappa shape index (κ3) is 2.80.